The first-order chi connectivity index (χ1) is 11.0. The average Bonchev–Trinajstić information content (AvgIpc) is 3.12. The molecular weight excluding hydrogens is 332 g/mol. The van der Waals surface area contributed by atoms with Crippen LogP contribution >= 0.6 is 22.9 Å². The largest absolute Gasteiger partial charge is 0.302 e. The Bertz CT molecular complexity index is 825. The van der Waals surface area contributed by atoms with Crippen LogP contribution < -0.4 is 5.32 Å². The van der Waals surface area contributed by atoms with Gasteiger partial charge in [-0.15, -0.1) is 11.3 Å². The minimum atomic E-state index is -0.0955. The molecule has 0 aliphatic rings. The fourth-order valence-corrected chi connectivity index (χ4v) is 3.04. The average molecular weight is 347 g/mol. The molecule has 0 unspecified atom stereocenters. The SMILES string of the molecule is Cc1nn(-c2ccc(Cl)cc2)c(C)c1CC(=O)Nc1nccs1. The Hall–Kier alpha value is -2.18. The fraction of sp³-hybridized carbons (Fsp3) is 0.188. The highest BCUT2D eigenvalue weighted by Gasteiger charge is 2.16. The quantitative estimate of drug-likeness (QED) is 0.782. The summed E-state index contributed by atoms with van der Waals surface area (Å²) in [6.45, 7) is 3.87. The third-order valence-corrected chi connectivity index (χ3v) is 4.47. The normalized spacial score (nSPS) is 10.7. The molecule has 0 fully saturated rings. The van der Waals surface area contributed by atoms with E-state index in [9.17, 15) is 4.79 Å². The van der Waals surface area contributed by atoms with E-state index in [2.05, 4.69) is 15.4 Å². The Morgan fingerprint density at radius 3 is 2.70 bits per heavy atom. The minimum absolute atomic E-state index is 0.0955. The van der Waals surface area contributed by atoms with Gasteiger partial charge >= 0.3 is 0 Å². The molecule has 23 heavy (non-hydrogen) atoms. The van der Waals surface area contributed by atoms with Crippen LogP contribution in [0.25, 0.3) is 5.69 Å². The number of anilines is 1. The highest BCUT2D eigenvalue weighted by molar-refractivity contribution is 7.13. The molecule has 1 aromatic carbocycles. The van der Waals surface area contributed by atoms with Crippen molar-refractivity contribution in [1.29, 1.82) is 0 Å². The number of thiazole rings is 1. The van der Waals surface area contributed by atoms with Gasteiger partial charge in [0, 0.05) is 27.9 Å². The Morgan fingerprint density at radius 2 is 2.04 bits per heavy atom. The van der Waals surface area contributed by atoms with Crippen LogP contribution in [0, 0.1) is 13.8 Å². The van der Waals surface area contributed by atoms with Crippen molar-refractivity contribution in [3.05, 3.63) is 57.8 Å². The summed E-state index contributed by atoms with van der Waals surface area (Å²) < 4.78 is 1.83. The second kappa shape index (κ2) is 6.52. The summed E-state index contributed by atoms with van der Waals surface area (Å²) in [5.74, 6) is -0.0955. The number of carbonyl (C=O) groups excluding carboxylic acids is 1. The number of hydrogen-bond donors (Lipinski definition) is 1. The molecule has 3 rings (SSSR count). The van der Waals surface area contributed by atoms with Crippen LogP contribution in [0.3, 0.4) is 0 Å². The molecule has 5 nitrogen and oxygen atoms in total. The molecule has 0 aliphatic carbocycles. The van der Waals surface area contributed by atoms with E-state index in [1.165, 1.54) is 11.3 Å². The molecule has 0 saturated carbocycles. The first-order valence-corrected chi connectivity index (χ1v) is 8.30. The van der Waals surface area contributed by atoms with Crippen molar-refractivity contribution >= 4 is 34.0 Å². The van der Waals surface area contributed by atoms with Gasteiger partial charge in [-0.05, 0) is 38.1 Å². The van der Waals surface area contributed by atoms with Gasteiger partial charge in [0.05, 0.1) is 17.8 Å². The zero-order valence-electron chi connectivity index (χ0n) is 12.7. The number of amides is 1. The molecule has 0 atom stereocenters. The van der Waals surface area contributed by atoms with Gasteiger partial charge in [-0.1, -0.05) is 11.6 Å². The predicted molar refractivity (Wildman–Crippen MR) is 92.5 cm³/mol. The Morgan fingerprint density at radius 1 is 1.30 bits per heavy atom. The van der Waals surface area contributed by atoms with E-state index in [0.717, 1.165) is 22.6 Å². The number of aryl methyl sites for hydroxylation is 1. The predicted octanol–water partition coefficient (Wildman–Crippen LogP) is 3.78. The lowest BCUT2D eigenvalue weighted by Crippen LogP contribution is -2.15. The molecule has 0 saturated heterocycles. The first kappa shape index (κ1) is 15.7. The van der Waals surface area contributed by atoms with Crippen molar-refractivity contribution in [1.82, 2.24) is 14.8 Å². The zero-order chi connectivity index (χ0) is 16.4. The lowest BCUT2D eigenvalue weighted by atomic mass is 10.1. The highest BCUT2D eigenvalue weighted by atomic mass is 35.5. The smallest absolute Gasteiger partial charge is 0.230 e. The molecule has 0 spiro atoms. The molecule has 7 heteroatoms. The van der Waals surface area contributed by atoms with Gasteiger partial charge in [0.15, 0.2) is 5.13 Å². The van der Waals surface area contributed by atoms with Crippen LogP contribution in [0.2, 0.25) is 5.02 Å². The number of hydrogen-bond acceptors (Lipinski definition) is 4. The van der Waals surface area contributed by atoms with Crippen LogP contribution in [-0.2, 0) is 11.2 Å². The number of carbonyl (C=O) groups is 1. The molecule has 0 aliphatic heterocycles. The van der Waals surface area contributed by atoms with Crippen LogP contribution in [0.1, 0.15) is 17.0 Å². The Balaban J connectivity index is 1.83. The summed E-state index contributed by atoms with van der Waals surface area (Å²) >= 11 is 7.32. The van der Waals surface area contributed by atoms with E-state index in [1.54, 1.807) is 6.20 Å². The summed E-state index contributed by atoms with van der Waals surface area (Å²) in [6.07, 6.45) is 1.93. The molecule has 3 aromatic rings. The maximum atomic E-state index is 12.2. The summed E-state index contributed by atoms with van der Waals surface area (Å²) in [5.41, 5.74) is 3.63. The second-order valence-corrected chi connectivity index (χ2v) is 6.43. The van der Waals surface area contributed by atoms with Crippen molar-refractivity contribution in [2.45, 2.75) is 20.3 Å². The number of halogens is 1. The minimum Gasteiger partial charge on any atom is -0.302 e. The Labute approximate surface area is 142 Å². The van der Waals surface area contributed by atoms with E-state index in [4.69, 9.17) is 11.6 Å². The van der Waals surface area contributed by atoms with Crippen LogP contribution in [0.15, 0.2) is 35.8 Å². The summed E-state index contributed by atoms with van der Waals surface area (Å²) in [4.78, 5) is 16.2. The van der Waals surface area contributed by atoms with Crippen molar-refractivity contribution in [2.75, 3.05) is 5.32 Å². The van der Waals surface area contributed by atoms with Crippen LogP contribution in [0.5, 0.6) is 0 Å². The van der Waals surface area contributed by atoms with E-state index >= 15 is 0 Å². The van der Waals surface area contributed by atoms with Gasteiger partial charge in [-0.25, -0.2) is 9.67 Å². The van der Waals surface area contributed by atoms with Crippen LogP contribution in [0.4, 0.5) is 5.13 Å². The van der Waals surface area contributed by atoms with Crippen molar-refractivity contribution in [2.24, 2.45) is 0 Å². The highest BCUT2D eigenvalue weighted by Crippen LogP contribution is 2.20. The van der Waals surface area contributed by atoms with Gasteiger partial charge in [-0.3, -0.25) is 4.79 Å². The molecule has 118 valence electrons. The second-order valence-electron chi connectivity index (χ2n) is 5.10. The standard InChI is InChI=1S/C16H15ClN4OS/c1-10-14(9-15(22)19-16-18-7-8-23-16)11(2)21(20-10)13-5-3-12(17)4-6-13/h3-8H,9H2,1-2H3,(H,18,19,22). The number of aromatic nitrogens is 3. The van der Waals surface area contributed by atoms with Gasteiger partial charge in [-0.2, -0.15) is 5.10 Å². The number of nitrogens with zero attached hydrogens (tertiary/aromatic N) is 3. The number of nitrogens with one attached hydrogen (secondary N) is 1. The first-order valence-electron chi connectivity index (χ1n) is 7.05. The van der Waals surface area contributed by atoms with Gasteiger partial charge in [0.2, 0.25) is 5.91 Å². The van der Waals surface area contributed by atoms with Crippen LogP contribution in [-0.4, -0.2) is 20.7 Å². The number of rotatable bonds is 4. The topological polar surface area (TPSA) is 59.8 Å². The molecular formula is C16H15ClN4OS. The summed E-state index contributed by atoms with van der Waals surface area (Å²) in [7, 11) is 0. The monoisotopic (exact) mass is 346 g/mol. The summed E-state index contributed by atoms with van der Waals surface area (Å²) in [5, 5.41) is 10.4. The van der Waals surface area contributed by atoms with Gasteiger partial charge < -0.3 is 5.32 Å². The molecule has 2 heterocycles. The van der Waals surface area contributed by atoms with Gasteiger partial charge in [0.1, 0.15) is 0 Å². The van der Waals surface area contributed by atoms with E-state index in [-0.39, 0.29) is 12.3 Å². The van der Waals surface area contributed by atoms with Crippen molar-refractivity contribution in [3.63, 3.8) is 0 Å². The molecule has 0 bridgehead atoms. The molecule has 1 amide bonds. The fourth-order valence-electron chi connectivity index (χ4n) is 2.37. The zero-order valence-corrected chi connectivity index (χ0v) is 14.3. The molecule has 1 N–H and O–H groups in total. The van der Waals surface area contributed by atoms with Crippen molar-refractivity contribution in [3.8, 4) is 5.69 Å². The third-order valence-electron chi connectivity index (χ3n) is 3.53. The van der Waals surface area contributed by atoms with E-state index in [1.807, 2.05) is 48.2 Å². The third kappa shape index (κ3) is 3.43. The molecule has 0 radical (unpaired) electrons. The molecule has 2 aromatic heterocycles. The van der Waals surface area contributed by atoms with Crippen molar-refractivity contribution < 1.29 is 4.79 Å². The summed E-state index contributed by atoms with van der Waals surface area (Å²) in [6, 6.07) is 7.45. The Kier molecular flexibility index (Phi) is 4.45. The maximum Gasteiger partial charge on any atom is 0.230 e. The maximum absolute atomic E-state index is 12.2. The lowest BCUT2D eigenvalue weighted by Gasteiger charge is -2.06. The number of benzene rings is 1. The van der Waals surface area contributed by atoms with E-state index < -0.39 is 0 Å². The lowest BCUT2D eigenvalue weighted by molar-refractivity contribution is -0.115. The van der Waals surface area contributed by atoms with Gasteiger partial charge in [0.25, 0.3) is 0 Å². The van der Waals surface area contributed by atoms with E-state index in [0.29, 0.717) is 10.2 Å².